The first-order valence-electron chi connectivity index (χ1n) is 9.72. The maximum atomic E-state index is 13.2. The van der Waals surface area contributed by atoms with Gasteiger partial charge in [-0.1, -0.05) is 24.3 Å². The van der Waals surface area contributed by atoms with Crippen LogP contribution >= 0.6 is 0 Å². The molecular weight excluding hydrogens is 384 g/mol. The fourth-order valence-corrected chi connectivity index (χ4v) is 3.39. The van der Waals surface area contributed by atoms with Crippen LogP contribution in [0, 0.1) is 0 Å². The lowest BCUT2D eigenvalue weighted by Crippen LogP contribution is -2.26. The average Bonchev–Trinajstić information content (AvgIpc) is 2.77. The summed E-state index contributed by atoms with van der Waals surface area (Å²) in [6, 6.07) is 10.1. The Morgan fingerprint density at radius 1 is 0.700 bits per heavy atom. The fourth-order valence-electron chi connectivity index (χ4n) is 3.39. The van der Waals surface area contributed by atoms with Crippen molar-refractivity contribution in [2.45, 2.75) is 12.8 Å². The SMILES string of the molecule is CNC(=O)CCNc1ccc(NCCC(=O)NC)c2c1C(=O)c1ccccc1C2=O. The summed E-state index contributed by atoms with van der Waals surface area (Å²) in [4.78, 5) is 49.5. The quantitative estimate of drug-likeness (QED) is 0.450. The average molecular weight is 408 g/mol. The molecule has 0 unspecified atom stereocenters. The molecule has 0 radical (unpaired) electrons. The van der Waals surface area contributed by atoms with Crippen LogP contribution < -0.4 is 21.3 Å². The Bertz CT molecular complexity index is 936. The molecule has 2 aromatic carbocycles. The molecule has 0 fully saturated rings. The molecule has 0 aromatic heterocycles. The number of carbonyl (C=O) groups is 4. The Labute approximate surface area is 174 Å². The highest BCUT2D eigenvalue weighted by molar-refractivity contribution is 6.31. The van der Waals surface area contributed by atoms with Gasteiger partial charge in [-0.2, -0.15) is 0 Å². The highest BCUT2D eigenvalue weighted by Gasteiger charge is 2.33. The minimum absolute atomic E-state index is 0.128. The van der Waals surface area contributed by atoms with Crippen LogP contribution in [-0.2, 0) is 9.59 Å². The predicted molar refractivity (Wildman–Crippen MR) is 114 cm³/mol. The summed E-state index contributed by atoms with van der Waals surface area (Å²) in [5.41, 5.74) is 2.26. The Hall–Kier alpha value is -3.68. The molecule has 0 spiro atoms. The van der Waals surface area contributed by atoms with E-state index in [0.717, 1.165) is 0 Å². The van der Waals surface area contributed by atoms with Gasteiger partial charge in [0.1, 0.15) is 0 Å². The van der Waals surface area contributed by atoms with Crippen LogP contribution in [0.1, 0.15) is 44.7 Å². The Morgan fingerprint density at radius 3 is 1.47 bits per heavy atom. The molecule has 0 saturated carbocycles. The topological polar surface area (TPSA) is 116 Å². The normalized spacial score (nSPS) is 11.9. The molecule has 0 saturated heterocycles. The maximum absolute atomic E-state index is 13.2. The third-order valence-corrected chi connectivity index (χ3v) is 4.97. The Kier molecular flexibility index (Phi) is 6.46. The van der Waals surface area contributed by atoms with Gasteiger partial charge in [0.2, 0.25) is 11.8 Å². The van der Waals surface area contributed by atoms with Gasteiger partial charge in [0.05, 0.1) is 11.1 Å². The van der Waals surface area contributed by atoms with Gasteiger partial charge in [-0.05, 0) is 12.1 Å². The first kappa shape index (κ1) is 21.0. The summed E-state index contributed by atoms with van der Waals surface area (Å²) in [5, 5.41) is 11.3. The second kappa shape index (κ2) is 9.21. The van der Waals surface area contributed by atoms with Crippen molar-refractivity contribution in [1.29, 1.82) is 0 Å². The van der Waals surface area contributed by atoms with Crippen LogP contribution in [0.2, 0.25) is 0 Å². The van der Waals surface area contributed by atoms with E-state index in [9.17, 15) is 19.2 Å². The van der Waals surface area contributed by atoms with E-state index in [1.807, 2.05) is 0 Å². The Morgan fingerprint density at radius 2 is 1.10 bits per heavy atom. The van der Waals surface area contributed by atoms with E-state index in [2.05, 4.69) is 21.3 Å². The largest absolute Gasteiger partial charge is 0.384 e. The molecule has 1 aliphatic carbocycles. The van der Waals surface area contributed by atoms with E-state index in [4.69, 9.17) is 0 Å². The highest BCUT2D eigenvalue weighted by Crippen LogP contribution is 2.36. The number of rotatable bonds is 8. The van der Waals surface area contributed by atoms with E-state index < -0.39 is 0 Å². The third-order valence-electron chi connectivity index (χ3n) is 4.97. The summed E-state index contributed by atoms with van der Waals surface area (Å²) < 4.78 is 0. The lowest BCUT2D eigenvalue weighted by molar-refractivity contribution is -0.121. The zero-order valence-electron chi connectivity index (χ0n) is 16.9. The fraction of sp³-hybridized carbons (Fsp3) is 0.273. The second-order valence-electron chi connectivity index (χ2n) is 6.81. The lowest BCUT2D eigenvalue weighted by atomic mass is 9.82. The molecule has 8 nitrogen and oxygen atoms in total. The monoisotopic (exact) mass is 408 g/mol. The van der Waals surface area contributed by atoms with Crippen LogP contribution in [-0.4, -0.2) is 50.6 Å². The first-order chi connectivity index (χ1) is 14.5. The van der Waals surface area contributed by atoms with Gasteiger partial charge < -0.3 is 21.3 Å². The summed E-state index contributed by atoms with van der Waals surface area (Å²) in [7, 11) is 3.12. The Balaban J connectivity index is 1.97. The van der Waals surface area contributed by atoms with Gasteiger partial charge in [-0.15, -0.1) is 0 Å². The van der Waals surface area contributed by atoms with Gasteiger partial charge in [0.25, 0.3) is 0 Å². The number of hydrogen-bond acceptors (Lipinski definition) is 6. The zero-order chi connectivity index (χ0) is 21.7. The minimum Gasteiger partial charge on any atom is -0.384 e. The van der Waals surface area contributed by atoms with Gasteiger partial charge >= 0.3 is 0 Å². The molecular formula is C22H24N4O4. The van der Waals surface area contributed by atoms with Gasteiger partial charge in [-0.25, -0.2) is 0 Å². The number of benzene rings is 2. The number of nitrogens with one attached hydrogen (secondary N) is 4. The van der Waals surface area contributed by atoms with Crippen LogP contribution in [0.15, 0.2) is 36.4 Å². The van der Waals surface area contributed by atoms with Crippen molar-refractivity contribution in [2.75, 3.05) is 37.8 Å². The van der Waals surface area contributed by atoms with Crippen molar-refractivity contribution in [3.8, 4) is 0 Å². The number of carbonyl (C=O) groups excluding carboxylic acids is 4. The van der Waals surface area contributed by atoms with Crippen molar-refractivity contribution >= 4 is 34.8 Å². The molecule has 3 rings (SSSR count). The molecule has 8 heteroatoms. The number of fused-ring (bicyclic) bond motifs is 2. The van der Waals surface area contributed by atoms with E-state index in [1.165, 1.54) is 0 Å². The van der Waals surface area contributed by atoms with Gasteiger partial charge in [0.15, 0.2) is 11.6 Å². The lowest BCUT2D eigenvalue weighted by Gasteiger charge is -2.24. The van der Waals surface area contributed by atoms with Crippen LogP contribution in [0.25, 0.3) is 0 Å². The van der Waals surface area contributed by atoms with Crippen LogP contribution in [0.4, 0.5) is 11.4 Å². The molecule has 0 heterocycles. The van der Waals surface area contributed by atoms with E-state index in [1.54, 1.807) is 50.5 Å². The summed E-state index contributed by atoms with van der Waals surface area (Å²) in [6.45, 7) is 0.636. The molecule has 0 atom stereocenters. The molecule has 4 N–H and O–H groups in total. The second-order valence-corrected chi connectivity index (χ2v) is 6.81. The van der Waals surface area contributed by atoms with Gasteiger partial charge in [-0.3, -0.25) is 19.2 Å². The third kappa shape index (κ3) is 4.17. The van der Waals surface area contributed by atoms with Crippen molar-refractivity contribution in [1.82, 2.24) is 10.6 Å². The van der Waals surface area contributed by atoms with E-state index in [0.29, 0.717) is 35.6 Å². The standard InChI is InChI=1S/C22H24N4O4/c1-23-17(27)9-11-25-15-7-8-16(26-12-10-18(28)24-2)20-19(15)21(29)13-5-3-4-6-14(13)22(20)30/h3-8,25-26H,9-12H2,1-2H3,(H,23,27)(H,24,28). The van der Waals surface area contributed by atoms with Crippen molar-refractivity contribution in [2.24, 2.45) is 0 Å². The molecule has 2 amide bonds. The summed E-state index contributed by atoms with van der Waals surface area (Å²) in [5.74, 6) is -0.761. The summed E-state index contributed by atoms with van der Waals surface area (Å²) in [6.07, 6.45) is 0.465. The van der Waals surface area contributed by atoms with Crippen molar-refractivity contribution in [3.05, 3.63) is 58.7 Å². The number of ketones is 2. The number of hydrogen-bond donors (Lipinski definition) is 4. The molecule has 0 bridgehead atoms. The smallest absolute Gasteiger partial charge is 0.221 e. The molecule has 30 heavy (non-hydrogen) atoms. The van der Waals surface area contributed by atoms with Crippen molar-refractivity contribution in [3.63, 3.8) is 0 Å². The van der Waals surface area contributed by atoms with Gasteiger partial charge in [0, 0.05) is 62.5 Å². The maximum Gasteiger partial charge on any atom is 0.221 e. The van der Waals surface area contributed by atoms with Crippen LogP contribution in [0.5, 0.6) is 0 Å². The van der Waals surface area contributed by atoms with Crippen molar-refractivity contribution < 1.29 is 19.2 Å². The molecule has 2 aromatic rings. The predicted octanol–water partition coefficient (Wildman–Crippen LogP) is 1.56. The highest BCUT2D eigenvalue weighted by atomic mass is 16.2. The zero-order valence-corrected chi connectivity index (χ0v) is 16.9. The summed E-state index contributed by atoms with van der Waals surface area (Å²) >= 11 is 0. The molecule has 1 aliphatic rings. The molecule has 156 valence electrons. The van der Waals surface area contributed by atoms with E-state index >= 15 is 0 Å². The minimum atomic E-state index is -0.252. The van der Waals surface area contributed by atoms with Crippen LogP contribution in [0.3, 0.4) is 0 Å². The first-order valence-corrected chi connectivity index (χ1v) is 9.72. The van der Waals surface area contributed by atoms with E-state index in [-0.39, 0.29) is 47.3 Å². The number of amides is 2. The number of anilines is 2. The molecule has 0 aliphatic heterocycles.